The maximum atomic E-state index is 6.10. The minimum Gasteiger partial charge on any atom is -0.494 e. The number of nitrogens with two attached hydrogens (primary N) is 1. The van der Waals surface area contributed by atoms with E-state index in [2.05, 4.69) is 15.6 Å². The maximum absolute atomic E-state index is 6.10. The third-order valence-corrected chi connectivity index (χ3v) is 3.87. The quantitative estimate of drug-likeness (QED) is 0.884. The minimum absolute atomic E-state index is 0.496. The van der Waals surface area contributed by atoms with Crippen LogP contribution in [0.4, 0.5) is 5.95 Å². The van der Waals surface area contributed by atoms with E-state index in [1.54, 1.807) is 7.11 Å². The molecule has 4 nitrogen and oxygen atoms in total. The largest absolute Gasteiger partial charge is 0.494 e. The molecule has 2 aromatic rings. The summed E-state index contributed by atoms with van der Waals surface area (Å²) < 4.78 is 7.54. The second kappa shape index (κ2) is 4.52. The van der Waals surface area contributed by atoms with Gasteiger partial charge in [0.05, 0.1) is 12.6 Å². The van der Waals surface area contributed by atoms with Gasteiger partial charge in [0.1, 0.15) is 11.3 Å². The Morgan fingerprint density at radius 3 is 2.78 bits per heavy atom. The second-order valence-corrected chi connectivity index (χ2v) is 4.96. The average Bonchev–Trinajstić information content (AvgIpc) is 2.75. The third-order valence-electron chi connectivity index (χ3n) is 3.87. The van der Waals surface area contributed by atoms with Crippen LogP contribution in [-0.4, -0.2) is 16.7 Å². The number of nitrogens with zero attached hydrogens (tertiary/aromatic N) is 2. The number of aromatic nitrogens is 2. The SMILES string of the molecule is COc1cccc2c1nc(N)n2C1CCCCC1. The van der Waals surface area contributed by atoms with E-state index in [0.717, 1.165) is 16.8 Å². The van der Waals surface area contributed by atoms with Gasteiger partial charge in [-0.1, -0.05) is 25.3 Å². The van der Waals surface area contributed by atoms with E-state index in [0.29, 0.717) is 12.0 Å². The van der Waals surface area contributed by atoms with Crippen molar-refractivity contribution in [2.45, 2.75) is 38.1 Å². The normalized spacial score (nSPS) is 17.2. The lowest BCUT2D eigenvalue weighted by atomic mass is 9.95. The van der Waals surface area contributed by atoms with Crippen molar-refractivity contribution in [3.05, 3.63) is 18.2 Å². The Bertz CT molecular complexity index is 555. The summed E-state index contributed by atoms with van der Waals surface area (Å²) in [5, 5.41) is 0. The molecule has 96 valence electrons. The standard InChI is InChI=1S/C14H19N3O/c1-18-12-9-5-8-11-13(12)16-14(15)17(11)10-6-3-2-4-7-10/h5,8-10H,2-4,6-7H2,1H3,(H2,15,16). The van der Waals surface area contributed by atoms with Gasteiger partial charge < -0.3 is 15.0 Å². The average molecular weight is 245 g/mol. The molecule has 0 spiro atoms. The van der Waals surface area contributed by atoms with Crippen molar-refractivity contribution in [3.63, 3.8) is 0 Å². The van der Waals surface area contributed by atoms with Crippen LogP contribution in [0.3, 0.4) is 0 Å². The zero-order valence-electron chi connectivity index (χ0n) is 10.7. The van der Waals surface area contributed by atoms with Gasteiger partial charge in [-0.15, -0.1) is 0 Å². The van der Waals surface area contributed by atoms with Crippen LogP contribution >= 0.6 is 0 Å². The molecule has 1 fully saturated rings. The minimum atomic E-state index is 0.496. The molecule has 3 rings (SSSR count). The van der Waals surface area contributed by atoms with Gasteiger partial charge in [0.15, 0.2) is 0 Å². The lowest BCUT2D eigenvalue weighted by Gasteiger charge is -2.24. The molecule has 4 heteroatoms. The lowest BCUT2D eigenvalue weighted by Crippen LogP contribution is -2.14. The predicted molar refractivity (Wildman–Crippen MR) is 72.8 cm³/mol. The van der Waals surface area contributed by atoms with E-state index in [-0.39, 0.29) is 0 Å². The zero-order valence-corrected chi connectivity index (χ0v) is 10.7. The van der Waals surface area contributed by atoms with Gasteiger partial charge >= 0.3 is 0 Å². The molecule has 1 aliphatic rings. The number of anilines is 1. The first-order chi connectivity index (χ1) is 8.81. The zero-order chi connectivity index (χ0) is 12.5. The Balaban J connectivity index is 2.13. The Kier molecular flexibility index (Phi) is 2.86. The highest BCUT2D eigenvalue weighted by Gasteiger charge is 2.21. The van der Waals surface area contributed by atoms with E-state index >= 15 is 0 Å². The Morgan fingerprint density at radius 2 is 2.06 bits per heavy atom. The van der Waals surface area contributed by atoms with E-state index in [9.17, 15) is 0 Å². The fraction of sp³-hybridized carbons (Fsp3) is 0.500. The number of hydrogen-bond acceptors (Lipinski definition) is 3. The van der Waals surface area contributed by atoms with Crippen LogP contribution < -0.4 is 10.5 Å². The van der Waals surface area contributed by atoms with Crippen molar-refractivity contribution in [3.8, 4) is 5.75 Å². The summed E-state index contributed by atoms with van der Waals surface area (Å²) in [6.07, 6.45) is 6.31. The first-order valence-corrected chi connectivity index (χ1v) is 6.61. The van der Waals surface area contributed by atoms with Crippen molar-refractivity contribution in [1.82, 2.24) is 9.55 Å². The molecule has 1 saturated carbocycles. The smallest absolute Gasteiger partial charge is 0.201 e. The summed E-state index contributed by atoms with van der Waals surface area (Å²) in [6, 6.07) is 6.51. The summed E-state index contributed by atoms with van der Waals surface area (Å²) in [6.45, 7) is 0. The van der Waals surface area contributed by atoms with Crippen LogP contribution in [0.25, 0.3) is 11.0 Å². The molecule has 0 amide bonds. The molecule has 1 heterocycles. The van der Waals surface area contributed by atoms with Crippen LogP contribution in [0.15, 0.2) is 18.2 Å². The number of benzene rings is 1. The van der Waals surface area contributed by atoms with Gasteiger partial charge in [-0.25, -0.2) is 4.98 Å². The number of nitrogen functional groups attached to an aromatic ring is 1. The fourth-order valence-electron chi connectivity index (χ4n) is 3.00. The Hall–Kier alpha value is -1.71. The highest BCUT2D eigenvalue weighted by atomic mass is 16.5. The Labute approximate surface area is 107 Å². The molecule has 18 heavy (non-hydrogen) atoms. The molecular weight excluding hydrogens is 226 g/mol. The van der Waals surface area contributed by atoms with Crippen molar-refractivity contribution >= 4 is 17.0 Å². The molecule has 1 aromatic heterocycles. The number of hydrogen-bond donors (Lipinski definition) is 1. The molecule has 1 aliphatic carbocycles. The summed E-state index contributed by atoms with van der Waals surface area (Å²) in [5.74, 6) is 1.41. The topological polar surface area (TPSA) is 53.1 Å². The summed E-state index contributed by atoms with van der Waals surface area (Å²) in [7, 11) is 1.67. The van der Waals surface area contributed by atoms with Crippen molar-refractivity contribution in [1.29, 1.82) is 0 Å². The number of fused-ring (bicyclic) bond motifs is 1. The van der Waals surface area contributed by atoms with Gasteiger partial charge in [-0.2, -0.15) is 0 Å². The lowest BCUT2D eigenvalue weighted by molar-refractivity contribution is 0.363. The van der Waals surface area contributed by atoms with Gasteiger partial charge in [0, 0.05) is 6.04 Å². The molecule has 2 N–H and O–H groups in total. The number of ether oxygens (including phenoxy) is 1. The van der Waals surface area contributed by atoms with Crippen LogP contribution in [0.2, 0.25) is 0 Å². The third kappa shape index (κ3) is 1.72. The first kappa shape index (κ1) is 11.4. The molecule has 0 atom stereocenters. The summed E-state index contributed by atoms with van der Waals surface area (Å²) >= 11 is 0. The van der Waals surface area contributed by atoms with Crippen LogP contribution in [0.1, 0.15) is 38.1 Å². The summed E-state index contributed by atoms with van der Waals surface area (Å²) in [5.41, 5.74) is 8.08. The van der Waals surface area contributed by atoms with Crippen LogP contribution in [0, 0.1) is 0 Å². The molecule has 0 bridgehead atoms. The van der Waals surface area contributed by atoms with E-state index in [4.69, 9.17) is 10.5 Å². The first-order valence-electron chi connectivity index (χ1n) is 6.61. The fourth-order valence-corrected chi connectivity index (χ4v) is 3.00. The van der Waals surface area contributed by atoms with Gasteiger partial charge in [-0.3, -0.25) is 0 Å². The van der Waals surface area contributed by atoms with Crippen molar-refractivity contribution < 1.29 is 4.74 Å². The number of para-hydroxylation sites is 1. The van der Waals surface area contributed by atoms with E-state index in [1.165, 1.54) is 32.1 Å². The number of methoxy groups -OCH3 is 1. The van der Waals surface area contributed by atoms with Gasteiger partial charge in [0.25, 0.3) is 0 Å². The number of imidazole rings is 1. The molecular formula is C14H19N3O. The van der Waals surface area contributed by atoms with Crippen molar-refractivity contribution in [2.75, 3.05) is 12.8 Å². The van der Waals surface area contributed by atoms with Crippen molar-refractivity contribution in [2.24, 2.45) is 0 Å². The number of rotatable bonds is 2. The van der Waals surface area contributed by atoms with E-state index in [1.807, 2.05) is 12.1 Å². The van der Waals surface area contributed by atoms with Gasteiger partial charge in [-0.05, 0) is 25.0 Å². The highest BCUT2D eigenvalue weighted by Crippen LogP contribution is 2.35. The van der Waals surface area contributed by atoms with Crippen LogP contribution in [0.5, 0.6) is 5.75 Å². The molecule has 0 aliphatic heterocycles. The molecule has 0 radical (unpaired) electrons. The van der Waals surface area contributed by atoms with Crippen LogP contribution in [-0.2, 0) is 0 Å². The predicted octanol–water partition coefficient (Wildman–Crippen LogP) is 3.13. The Morgan fingerprint density at radius 1 is 1.28 bits per heavy atom. The monoisotopic (exact) mass is 245 g/mol. The molecule has 1 aromatic carbocycles. The molecule has 0 saturated heterocycles. The van der Waals surface area contributed by atoms with E-state index < -0.39 is 0 Å². The highest BCUT2D eigenvalue weighted by molar-refractivity contribution is 5.84. The maximum Gasteiger partial charge on any atom is 0.201 e. The molecule has 0 unspecified atom stereocenters. The second-order valence-electron chi connectivity index (χ2n) is 4.96. The summed E-state index contributed by atoms with van der Waals surface area (Å²) in [4.78, 5) is 4.47. The van der Waals surface area contributed by atoms with Gasteiger partial charge in [0.2, 0.25) is 5.95 Å².